The molecule has 3 fully saturated rings. The minimum atomic E-state index is -0.569. The maximum absolute atomic E-state index is 12.3. The fraction of sp³-hybridized carbons (Fsp3) is 0.812. The van der Waals surface area contributed by atoms with Gasteiger partial charge in [0, 0.05) is 13.0 Å². The molecule has 3 aliphatic rings. The van der Waals surface area contributed by atoms with Crippen LogP contribution in [0.4, 0.5) is 0 Å². The maximum Gasteiger partial charge on any atom is 0.306 e. The highest BCUT2D eigenvalue weighted by atomic mass is 16.5. The lowest BCUT2D eigenvalue weighted by Crippen LogP contribution is -2.61. The van der Waals surface area contributed by atoms with Gasteiger partial charge in [-0.2, -0.15) is 0 Å². The summed E-state index contributed by atoms with van der Waals surface area (Å²) in [6.07, 6.45) is 7.52. The monoisotopic (exact) mass is 308 g/mol. The van der Waals surface area contributed by atoms with E-state index in [1.807, 2.05) is 0 Å². The Labute approximate surface area is 130 Å². The second-order valence-electron chi connectivity index (χ2n) is 6.54. The van der Waals surface area contributed by atoms with Gasteiger partial charge in [0.2, 0.25) is 11.8 Å². The number of piperazine rings is 1. The Morgan fingerprint density at radius 2 is 1.91 bits per heavy atom. The van der Waals surface area contributed by atoms with Gasteiger partial charge in [0.25, 0.3) is 0 Å². The lowest BCUT2D eigenvalue weighted by Gasteiger charge is -2.34. The van der Waals surface area contributed by atoms with Crippen LogP contribution in [-0.2, 0) is 19.1 Å². The first-order valence-electron chi connectivity index (χ1n) is 8.45. The number of fused-ring (bicyclic) bond motifs is 1. The van der Waals surface area contributed by atoms with Gasteiger partial charge in [-0.15, -0.1) is 0 Å². The first-order valence-corrected chi connectivity index (χ1v) is 8.45. The fourth-order valence-corrected chi connectivity index (χ4v) is 3.72. The van der Waals surface area contributed by atoms with E-state index in [0.29, 0.717) is 13.0 Å². The van der Waals surface area contributed by atoms with Gasteiger partial charge in [-0.05, 0) is 44.9 Å². The molecule has 1 aliphatic carbocycles. The first-order chi connectivity index (χ1) is 10.6. The fourth-order valence-electron chi connectivity index (χ4n) is 3.72. The number of esters is 1. The van der Waals surface area contributed by atoms with Gasteiger partial charge in [0.05, 0.1) is 0 Å². The van der Waals surface area contributed by atoms with E-state index in [9.17, 15) is 14.4 Å². The van der Waals surface area contributed by atoms with Gasteiger partial charge < -0.3 is 15.0 Å². The SMILES string of the molecule is O=C(CCC1NC(=O)C2CCCN2C1=O)OC1CCCCC1. The molecule has 22 heavy (non-hydrogen) atoms. The molecule has 2 unspecified atom stereocenters. The second-order valence-corrected chi connectivity index (χ2v) is 6.54. The van der Waals surface area contributed by atoms with E-state index in [1.165, 1.54) is 6.42 Å². The third-order valence-corrected chi connectivity index (χ3v) is 4.94. The molecule has 2 aliphatic heterocycles. The van der Waals surface area contributed by atoms with Crippen LogP contribution in [0.1, 0.15) is 57.8 Å². The Morgan fingerprint density at radius 1 is 1.14 bits per heavy atom. The summed E-state index contributed by atoms with van der Waals surface area (Å²) in [5.74, 6) is -0.382. The molecule has 0 radical (unpaired) electrons. The lowest BCUT2D eigenvalue weighted by atomic mass is 9.98. The van der Waals surface area contributed by atoms with Crippen LogP contribution in [0.3, 0.4) is 0 Å². The number of rotatable bonds is 4. The van der Waals surface area contributed by atoms with Crippen molar-refractivity contribution in [2.24, 2.45) is 0 Å². The zero-order valence-corrected chi connectivity index (χ0v) is 12.9. The first kappa shape index (κ1) is 15.3. The minimum absolute atomic E-state index is 0.0425. The molecule has 122 valence electrons. The Balaban J connectivity index is 1.47. The topological polar surface area (TPSA) is 75.7 Å². The van der Waals surface area contributed by atoms with Gasteiger partial charge in [-0.25, -0.2) is 0 Å². The summed E-state index contributed by atoms with van der Waals surface area (Å²) in [4.78, 5) is 37.9. The number of ether oxygens (including phenoxy) is 1. The summed E-state index contributed by atoms with van der Waals surface area (Å²) < 4.78 is 5.45. The summed E-state index contributed by atoms with van der Waals surface area (Å²) in [6.45, 7) is 0.653. The molecule has 0 spiro atoms. The van der Waals surface area contributed by atoms with Crippen molar-refractivity contribution < 1.29 is 19.1 Å². The molecule has 0 aromatic rings. The van der Waals surface area contributed by atoms with Gasteiger partial charge >= 0.3 is 5.97 Å². The minimum Gasteiger partial charge on any atom is -0.462 e. The zero-order chi connectivity index (χ0) is 15.5. The van der Waals surface area contributed by atoms with E-state index in [-0.39, 0.29) is 36.4 Å². The van der Waals surface area contributed by atoms with Crippen molar-refractivity contribution >= 4 is 17.8 Å². The van der Waals surface area contributed by atoms with E-state index in [2.05, 4.69) is 5.32 Å². The van der Waals surface area contributed by atoms with E-state index in [0.717, 1.165) is 38.5 Å². The molecule has 0 aromatic carbocycles. The van der Waals surface area contributed by atoms with Crippen LogP contribution < -0.4 is 5.32 Å². The highest BCUT2D eigenvalue weighted by Crippen LogP contribution is 2.24. The van der Waals surface area contributed by atoms with E-state index >= 15 is 0 Å². The average molecular weight is 308 g/mol. The third kappa shape index (κ3) is 3.25. The van der Waals surface area contributed by atoms with Crippen LogP contribution in [0.2, 0.25) is 0 Å². The van der Waals surface area contributed by atoms with Gasteiger partial charge in [-0.3, -0.25) is 14.4 Å². The maximum atomic E-state index is 12.3. The highest BCUT2D eigenvalue weighted by molar-refractivity contribution is 5.97. The van der Waals surface area contributed by atoms with Crippen molar-refractivity contribution in [2.45, 2.75) is 76.0 Å². The molecular formula is C16H24N2O4. The van der Waals surface area contributed by atoms with Crippen molar-refractivity contribution in [3.8, 4) is 0 Å². The van der Waals surface area contributed by atoms with Crippen LogP contribution in [-0.4, -0.2) is 47.4 Å². The summed E-state index contributed by atoms with van der Waals surface area (Å²) in [5.41, 5.74) is 0. The Kier molecular flexibility index (Phi) is 4.64. The molecule has 0 aromatic heterocycles. The van der Waals surface area contributed by atoms with Gasteiger partial charge in [0.1, 0.15) is 18.2 Å². The molecule has 1 saturated carbocycles. The molecular weight excluding hydrogens is 284 g/mol. The normalized spacial score (nSPS) is 29.2. The molecule has 2 amide bonds. The smallest absolute Gasteiger partial charge is 0.306 e. The van der Waals surface area contributed by atoms with Crippen molar-refractivity contribution in [2.75, 3.05) is 6.54 Å². The number of nitrogens with zero attached hydrogens (tertiary/aromatic N) is 1. The summed E-state index contributed by atoms with van der Waals surface area (Å²) >= 11 is 0. The van der Waals surface area contributed by atoms with Crippen LogP contribution in [0.5, 0.6) is 0 Å². The van der Waals surface area contributed by atoms with Crippen molar-refractivity contribution in [3.05, 3.63) is 0 Å². The Bertz CT molecular complexity index is 459. The largest absolute Gasteiger partial charge is 0.462 e. The average Bonchev–Trinajstić information content (AvgIpc) is 3.01. The predicted octanol–water partition coefficient (Wildman–Crippen LogP) is 1.13. The van der Waals surface area contributed by atoms with E-state index < -0.39 is 6.04 Å². The number of carbonyl (C=O) groups is 3. The number of hydrogen-bond acceptors (Lipinski definition) is 4. The molecule has 6 heteroatoms. The quantitative estimate of drug-likeness (QED) is 0.790. The van der Waals surface area contributed by atoms with Gasteiger partial charge in [-0.1, -0.05) is 6.42 Å². The molecule has 3 rings (SSSR count). The molecule has 2 heterocycles. The standard InChI is InChI=1S/C16H24N2O4/c19-14(22-11-5-2-1-3-6-11)9-8-12-16(21)18-10-4-7-13(18)15(20)17-12/h11-13H,1-10H2,(H,17,20). The number of carbonyl (C=O) groups excluding carboxylic acids is 3. The van der Waals surface area contributed by atoms with Crippen LogP contribution in [0.25, 0.3) is 0 Å². The summed E-state index contributed by atoms with van der Waals surface area (Å²) in [5, 5.41) is 2.76. The Hall–Kier alpha value is -1.59. The van der Waals surface area contributed by atoms with Crippen LogP contribution in [0, 0.1) is 0 Å². The summed E-state index contributed by atoms with van der Waals surface area (Å²) in [6, 6.07) is -0.862. The molecule has 2 atom stereocenters. The zero-order valence-electron chi connectivity index (χ0n) is 12.9. The third-order valence-electron chi connectivity index (χ3n) is 4.94. The Morgan fingerprint density at radius 3 is 2.68 bits per heavy atom. The van der Waals surface area contributed by atoms with Gasteiger partial charge in [0.15, 0.2) is 0 Å². The number of amides is 2. The van der Waals surface area contributed by atoms with Crippen molar-refractivity contribution in [3.63, 3.8) is 0 Å². The van der Waals surface area contributed by atoms with E-state index in [4.69, 9.17) is 4.74 Å². The second kappa shape index (κ2) is 6.67. The number of hydrogen-bond donors (Lipinski definition) is 1. The van der Waals surface area contributed by atoms with Crippen molar-refractivity contribution in [1.82, 2.24) is 10.2 Å². The predicted molar refractivity (Wildman–Crippen MR) is 78.9 cm³/mol. The number of nitrogens with one attached hydrogen (secondary N) is 1. The molecule has 6 nitrogen and oxygen atoms in total. The van der Waals surface area contributed by atoms with E-state index in [1.54, 1.807) is 4.90 Å². The lowest BCUT2D eigenvalue weighted by molar-refractivity contribution is -0.152. The summed E-state index contributed by atoms with van der Waals surface area (Å²) in [7, 11) is 0. The van der Waals surface area contributed by atoms with Crippen LogP contribution in [0.15, 0.2) is 0 Å². The molecule has 0 bridgehead atoms. The molecule has 1 N–H and O–H groups in total. The highest BCUT2D eigenvalue weighted by Gasteiger charge is 2.42. The van der Waals surface area contributed by atoms with Crippen LogP contribution >= 0.6 is 0 Å². The van der Waals surface area contributed by atoms with Crippen molar-refractivity contribution in [1.29, 1.82) is 0 Å². The molecule has 2 saturated heterocycles.